The van der Waals surface area contributed by atoms with Gasteiger partial charge in [-0.3, -0.25) is 4.99 Å². The van der Waals surface area contributed by atoms with Gasteiger partial charge < -0.3 is 20.1 Å². The van der Waals surface area contributed by atoms with Crippen LogP contribution in [0, 0.1) is 11.3 Å². The summed E-state index contributed by atoms with van der Waals surface area (Å²) in [6.45, 7) is 4.43. The normalized spacial score (nSPS) is 26.8. The van der Waals surface area contributed by atoms with Crippen LogP contribution >= 0.6 is 0 Å². The van der Waals surface area contributed by atoms with Gasteiger partial charge in [-0.15, -0.1) is 0 Å². The minimum absolute atomic E-state index is 0.332. The number of nitrogens with one attached hydrogen (secondary N) is 2. The van der Waals surface area contributed by atoms with E-state index in [1.165, 1.54) is 38.5 Å². The summed E-state index contributed by atoms with van der Waals surface area (Å²) in [5.41, 5.74) is 0.585. The molecule has 1 unspecified atom stereocenters. The van der Waals surface area contributed by atoms with Gasteiger partial charge >= 0.3 is 0 Å². The molecule has 5 heteroatoms. The fourth-order valence-electron chi connectivity index (χ4n) is 3.91. The van der Waals surface area contributed by atoms with Gasteiger partial charge in [0.25, 0.3) is 0 Å². The second-order valence-corrected chi connectivity index (χ2v) is 7.41. The molecule has 1 heterocycles. The summed E-state index contributed by atoms with van der Waals surface area (Å²) in [7, 11) is 1.85. The summed E-state index contributed by atoms with van der Waals surface area (Å²) in [6, 6.07) is 0. The second kappa shape index (κ2) is 8.34. The third-order valence-electron chi connectivity index (χ3n) is 5.71. The molecule has 0 aromatic rings. The van der Waals surface area contributed by atoms with Crippen LogP contribution in [0.1, 0.15) is 51.4 Å². The fraction of sp³-hybridized carbons (Fsp3) is 0.944. The van der Waals surface area contributed by atoms with E-state index in [2.05, 4.69) is 15.6 Å². The van der Waals surface area contributed by atoms with Crippen molar-refractivity contribution in [1.82, 2.24) is 10.6 Å². The molecule has 132 valence electrons. The van der Waals surface area contributed by atoms with Crippen molar-refractivity contribution in [3.8, 4) is 0 Å². The summed E-state index contributed by atoms with van der Waals surface area (Å²) < 4.78 is 11.2. The van der Waals surface area contributed by atoms with Gasteiger partial charge in [0.05, 0.1) is 12.7 Å². The molecule has 3 aliphatic rings. The van der Waals surface area contributed by atoms with Gasteiger partial charge in [0.15, 0.2) is 5.96 Å². The molecule has 1 aliphatic heterocycles. The molecule has 2 N–H and O–H groups in total. The third-order valence-corrected chi connectivity index (χ3v) is 5.71. The van der Waals surface area contributed by atoms with Crippen molar-refractivity contribution in [3.63, 3.8) is 0 Å². The zero-order chi connectivity index (χ0) is 16.0. The molecular formula is C18H33N3O2. The van der Waals surface area contributed by atoms with Crippen molar-refractivity contribution in [2.45, 2.75) is 57.5 Å². The molecular weight excluding hydrogens is 290 g/mol. The van der Waals surface area contributed by atoms with E-state index in [4.69, 9.17) is 9.47 Å². The Morgan fingerprint density at radius 2 is 2.09 bits per heavy atom. The van der Waals surface area contributed by atoms with E-state index >= 15 is 0 Å². The molecule has 0 bridgehead atoms. The number of hydrogen-bond donors (Lipinski definition) is 2. The highest BCUT2D eigenvalue weighted by molar-refractivity contribution is 5.79. The van der Waals surface area contributed by atoms with Crippen LogP contribution in [-0.2, 0) is 9.47 Å². The topological polar surface area (TPSA) is 54.9 Å². The first-order valence-electron chi connectivity index (χ1n) is 9.46. The van der Waals surface area contributed by atoms with Crippen LogP contribution in [0.5, 0.6) is 0 Å². The Kier molecular flexibility index (Phi) is 6.17. The zero-order valence-corrected chi connectivity index (χ0v) is 14.6. The molecule has 2 aliphatic carbocycles. The van der Waals surface area contributed by atoms with E-state index in [-0.39, 0.29) is 0 Å². The van der Waals surface area contributed by atoms with Crippen molar-refractivity contribution >= 4 is 5.96 Å². The average molecular weight is 323 g/mol. The first-order chi connectivity index (χ1) is 11.3. The highest BCUT2D eigenvalue weighted by Gasteiger charge is 2.48. The summed E-state index contributed by atoms with van der Waals surface area (Å²) in [4.78, 5) is 4.34. The standard InChI is InChI=1S/C18H33N3O2/c1-19-17(21-14-18(8-3-9-18)15-6-7-15)20-10-4-11-22-13-16-5-2-12-23-16/h15-16H,2-14H2,1H3,(H2,19,20,21). The van der Waals surface area contributed by atoms with Gasteiger partial charge in [0.1, 0.15) is 0 Å². The Morgan fingerprint density at radius 1 is 1.22 bits per heavy atom. The Balaban J connectivity index is 1.23. The lowest BCUT2D eigenvalue weighted by Crippen LogP contribution is -2.47. The number of nitrogens with zero attached hydrogens (tertiary/aromatic N) is 1. The Labute approximate surface area is 140 Å². The van der Waals surface area contributed by atoms with E-state index < -0.39 is 0 Å². The van der Waals surface area contributed by atoms with Gasteiger partial charge in [-0.2, -0.15) is 0 Å². The van der Waals surface area contributed by atoms with E-state index in [0.717, 1.165) is 57.6 Å². The first kappa shape index (κ1) is 17.0. The molecule has 3 rings (SSSR count). The van der Waals surface area contributed by atoms with E-state index in [1.54, 1.807) is 0 Å². The van der Waals surface area contributed by atoms with Gasteiger partial charge in [-0.25, -0.2) is 0 Å². The predicted octanol–water partition coefficient (Wildman–Crippen LogP) is 2.32. The van der Waals surface area contributed by atoms with Crippen molar-refractivity contribution < 1.29 is 9.47 Å². The summed E-state index contributed by atoms with van der Waals surface area (Å²) in [6.07, 6.45) is 10.8. The number of hydrogen-bond acceptors (Lipinski definition) is 3. The number of guanidine groups is 1. The summed E-state index contributed by atoms with van der Waals surface area (Å²) in [5.74, 6) is 1.92. The molecule has 1 saturated heterocycles. The zero-order valence-electron chi connectivity index (χ0n) is 14.6. The Hall–Kier alpha value is -0.810. The van der Waals surface area contributed by atoms with E-state index in [9.17, 15) is 0 Å². The highest BCUT2D eigenvalue weighted by Crippen LogP contribution is 2.56. The molecule has 3 fully saturated rings. The van der Waals surface area contributed by atoms with Crippen molar-refractivity contribution in [1.29, 1.82) is 0 Å². The number of aliphatic imine (C=N–C) groups is 1. The quantitative estimate of drug-likeness (QED) is 0.388. The Bertz CT molecular complexity index is 386. The third kappa shape index (κ3) is 4.83. The van der Waals surface area contributed by atoms with Crippen LogP contribution in [0.3, 0.4) is 0 Å². The Morgan fingerprint density at radius 3 is 2.70 bits per heavy atom. The first-order valence-corrected chi connectivity index (χ1v) is 9.46. The maximum Gasteiger partial charge on any atom is 0.190 e. The van der Waals surface area contributed by atoms with Gasteiger partial charge in [0, 0.05) is 33.4 Å². The molecule has 1 atom stereocenters. The minimum atomic E-state index is 0.332. The average Bonchev–Trinajstić information content (AvgIpc) is 3.24. The van der Waals surface area contributed by atoms with Gasteiger partial charge in [-0.1, -0.05) is 6.42 Å². The van der Waals surface area contributed by atoms with Crippen LogP contribution in [0.4, 0.5) is 0 Å². The van der Waals surface area contributed by atoms with Gasteiger partial charge in [0.2, 0.25) is 0 Å². The molecule has 0 radical (unpaired) electrons. The monoisotopic (exact) mass is 323 g/mol. The summed E-state index contributed by atoms with van der Waals surface area (Å²) >= 11 is 0. The molecule has 5 nitrogen and oxygen atoms in total. The SMILES string of the molecule is CN=C(NCCCOCC1CCCO1)NCC1(C2CC2)CCC1. The summed E-state index contributed by atoms with van der Waals surface area (Å²) in [5, 5.41) is 6.95. The maximum absolute atomic E-state index is 5.69. The smallest absolute Gasteiger partial charge is 0.190 e. The van der Waals surface area contributed by atoms with Crippen LogP contribution in [0.15, 0.2) is 4.99 Å². The molecule has 0 aromatic heterocycles. The van der Waals surface area contributed by atoms with Crippen molar-refractivity contribution in [3.05, 3.63) is 0 Å². The molecule has 0 aromatic carbocycles. The number of ether oxygens (including phenoxy) is 2. The van der Waals surface area contributed by atoms with Crippen molar-refractivity contribution in [2.24, 2.45) is 16.3 Å². The lowest BCUT2D eigenvalue weighted by molar-refractivity contribution is 0.0168. The number of rotatable bonds is 9. The predicted molar refractivity (Wildman–Crippen MR) is 92.8 cm³/mol. The fourth-order valence-corrected chi connectivity index (χ4v) is 3.91. The van der Waals surface area contributed by atoms with Crippen LogP contribution < -0.4 is 10.6 Å². The van der Waals surface area contributed by atoms with E-state index in [0.29, 0.717) is 11.5 Å². The van der Waals surface area contributed by atoms with Crippen LogP contribution in [-0.4, -0.2) is 52.0 Å². The second-order valence-electron chi connectivity index (χ2n) is 7.41. The van der Waals surface area contributed by atoms with Crippen molar-refractivity contribution in [2.75, 3.05) is 40.0 Å². The molecule has 0 spiro atoms. The largest absolute Gasteiger partial charge is 0.379 e. The van der Waals surface area contributed by atoms with Crippen LogP contribution in [0.2, 0.25) is 0 Å². The van der Waals surface area contributed by atoms with Crippen LogP contribution in [0.25, 0.3) is 0 Å². The lowest BCUT2D eigenvalue weighted by Gasteiger charge is -2.43. The van der Waals surface area contributed by atoms with Gasteiger partial charge in [-0.05, 0) is 56.3 Å². The highest BCUT2D eigenvalue weighted by atomic mass is 16.5. The minimum Gasteiger partial charge on any atom is -0.379 e. The molecule has 0 amide bonds. The lowest BCUT2D eigenvalue weighted by atomic mass is 9.65. The molecule has 2 saturated carbocycles. The maximum atomic E-state index is 5.69. The van der Waals surface area contributed by atoms with E-state index in [1.807, 2.05) is 7.05 Å². The molecule has 23 heavy (non-hydrogen) atoms.